The highest BCUT2D eigenvalue weighted by molar-refractivity contribution is 6.30. The molecule has 1 aliphatic carbocycles. The number of hydrogen-bond donors (Lipinski definition) is 2. The van der Waals surface area contributed by atoms with Crippen LogP contribution < -0.4 is 10.6 Å². The predicted molar refractivity (Wildman–Crippen MR) is 106 cm³/mol. The molecule has 1 aliphatic rings. The number of amides is 2. The second-order valence-electron chi connectivity index (χ2n) is 6.69. The van der Waals surface area contributed by atoms with E-state index in [9.17, 15) is 9.59 Å². The molecule has 0 saturated heterocycles. The van der Waals surface area contributed by atoms with Gasteiger partial charge in [-0.05, 0) is 56.2 Å². The third-order valence-corrected chi connectivity index (χ3v) is 4.57. The number of nitrogens with one attached hydrogen (secondary N) is 2. The smallest absolute Gasteiger partial charge is 0.278 e. The number of rotatable bonds is 5. The third-order valence-electron chi connectivity index (χ3n) is 4.33. The number of nitrogens with zero attached hydrogens (tertiary/aromatic N) is 3. The third kappa shape index (κ3) is 4.04. The molecule has 2 aromatic carbocycles. The molecule has 0 aliphatic heterocycles. The lowest BCUT2D eigenvalue weighted by Crippen LogP contribution is -2.25. The number of carbonyl (C=O) groups excluding carboxylic acids is 2. The lowest BCUT2D eigenvalue weighted by molar-refractivity contribution is 0.0949. The molecule has 0 atom stereocenters. The van der Waals surface area contributed by atoms with Crippen molar-refractivity contribution in [3.8, 4) is 5.69 Å². The van der Waals surface area contributed by atoms with Gasteiger partial charge in [0.15, 0.2) is 5.69 Å². The van der Waals surface area contributed by atoms with Crippen molar-refractivity contribution in [1.29, 1.82) is 0 Å². The molecule has 1 fully saturated rings. The fraction of sp³-hybridized carbons (Fsp3) is 0.200. The van der Waals surface area contributed by atoms with E-state index in [0.29, 0.717) is 27.7 Å². The van der Waals surface area contributed by atoms with Gasteiger partial charge >= 0.3 is 0 Å². The predicted octanol–water partition coefficient (Wildman–Crippen LogP) is 3.37. The van der Waals surface area contributed by atoms with Gasteiger partial charge in [-0.3, -0.25) is 9.59 Å². The molecule has 0 bridgehead atoms. The minimum absolute atomic E-state index is 0.137. The van der Waals surface area contributed by atoms with Crippen LogP contribution in [0, 0.1) is 6.92 Å². The zero-order chi connectivity index (χ0) is 19.7. The number of halogens is 1. The molecular formula is C20H18ClN5O2. The Bertz CT molecular complexity index is 1060. The normalized spacial score (nSPS) is 13.2. The molecule has 0 spiro atoms. The van der Waals surface area contributed by atoms with Crippen LogP contribution in [-0.2, 0) is 0 Å². The molecule has 2 N–H and O–H groups in total. The molecule has 8 heteroatoms. The first-order valence-electron chi connectivity index (χ1n) is 8.92. The Morgan fingerprint density at radius 2 is 1.86 bits per heavy atom. The number of benzene rings is 2. The number of anilines is 1. The maximum Gasteiger partial charge on any atom is 0.278 e. The Hall–Kier alpha value is -3.19. The van der Waals surface area contributed by atoms with Crippen molar-refractivity contribution in [3.63, 3.8) is 0 Å². The average Bonchev–Trinajstić information content (AvgIpc) is 3.40. The Morgan fingerprint density at radius 3 is 2.61 bits per heavy atom. The van der Waals surface area contributed by atoms with E-state index in [1.165, 1.54) is 4.80 Å². The van der Waals surface area contributed by atoms with Crippen molar-refractivity contribution in [3.05, 3.63) is 70.5 Å². The monoisotopic (exact) mass is 395 g/mol. The minimum Gasteiger partial charge on any atom is -0.349 e. The fourth-order valence-electron chi connectivity index (χ4n) is 2.73. The summed E-state index contributed by atoms with van der Waals surface area (Å²) in [6, 6.07) is 14.1. The highest BCUT2D eigenvalue weighted by atomic mass is 35.5. The van der Waals surface area contributed by atoms with Crippen LogP contribution in [0.4, 0.5) is 5.69 Å². The second-order valence-corrected chi connectivity index (χ2v) is 7.12. The summed E-state index contributed by atoms with van der Waals surface area (Å²) in [5, 5.41) is 14.8. The van der Waals surface area contributed by atoms with Crippen LogP contribution in [0.25, 0.3) is 5.69 Å². The molecule has 0 unspecified atom stereocenters. The summed E-state index contributed by atoms with van der Waals surface area (Å²) in [5.74, 6) is -0.535. The van der Waals surface area contributed by atoms with Crippen molar-refractivity contribution < 1.29 is 9.59 Å². The average molecular weight is 396 g/mol. The van der Waals surface area contributed by atoms with E-state index in [2.05, 4.69) is 20.8 Å². The first-order chi connectivity index (χ1) is 13.5. The summed E-state index contributed by atoms with van der Waals surface area (Å²) in [6.07, 6.45) is 2.04. The molecule has 7 nitrogen and oxygen atoms in total. The molecule has 1 heterocycles. The van der Waals surface area contributed by atoms with E-state index < -0.39 is 5.91 Å². The number of carbonyl (C=O) groups is 2. The van der Waals surface area contributed by atoms with Gasteiger partial charge < -0.3 is 10.6 Å². The zero-order valence-electron chi connectivity index (χ0n) is 15.1. The van der Waals surface area contributed by atoms with Gasteiger partial charge in [0, 0.05) is 22.3 Å². The van der Waals surface area contributed by atoms with Crippen LogP contribution in [0.2, 0.25) is 5.02 Å². The van der Waals surface area contributed by atoms with Crippen LogP contribution in [0.15, 0.2) is 48.5 Å². The molecule has 4 rings (SSSR count). The fourth-order valence-corrected chi connectivity index (χ4v) is 2.91. The Balaban J connectivity index is 1.51. The van der Waals surface area contributed by atoms with Crippen molar-refractivity contribution in [2.75, 3.05) is 5.32 Å². The first kappa shape index (κ1) is 18.2. The van der Waals surface area contributed by atoms with Gasteiger partial charge in [-0.1, -0.05) is 23.7 Å². The first-order valence-corrected chi connectivity index (χ1v) is 9.29. The summed E-state index contributed by atoms with van der Waals surface area (Å²) >= 11 is 6.01. The minimum atomic E-state index is -0.398. The molecular weight excluding hydrogens is 378 g/mol. The van der Waals surface area contributed by atoms with Gasteiger partial charge in [-0.25, -0.2) is 0 Å². The van der Waals surface area contributed by atoms with Crippen LogP contribution in [0.5, 0.6) is 0 Å². The summed E-state index contributed by atoms with van der Waals surface area (Å²) in [6.45, 7) is 1.71. The van der Waals surface area contributed by atoms with Crippen molar-refractivity contribution in [1.82, 2.24) is 20.3 Å². The molecule has 142 valence electrons. The lowest BCUT2D eigenvalue weighted by atomic mass is 10.2. The van der Waals surface area contributed by atoms with Crippen LogP contribution in [-0.4, -0.2) is 32.9 Å². The Labute approximate surface area is 166 Å². The maximum atomic E-state index is 12.7. The Morgan fingerprint density at radius 1 is 1.07 bits per heavy atom. The van der Waals surface area contributed by atoms with Crippen molar-refractivity contribution >= 4 is 29.1 Å². The zero-order valence-corrected chi connectivity index (χ0v) is 15.9. The van der Waals surface area contributed by atoms with E-state index in [4.69, 9.17) is 11.6 Å². The molecule has 0 radical (unpaired) electrons. The molecule has 1 saturated carbocycles. The largest absolute Gasteiger partial charge is 0.349 e. The maximum absolute atomic E-state index is 12.7. The summed E-state index contributed by atoms with van der Waals surface area (Å²) < 4.78 is 0. The molecule has 2 amide bonds. The van der Waals surface area contributed by atoms with Crippen LogP contribution >= 0.6 is 11.6 Å². The van der Waals surface area contributed by atoms with E-state index >= 15 is 0 Å². The lowest BCUT2D eigenvalue weighted by Gasteiger charge is -2.07. The van der Waals surface area contributed by atoms with Gasteiger partial charge in [-0.2, -0.15) is 9.90 Å². The van der Waals surface area contributed by atoms with Gasteiger partial charge in [-0.15, -0.1) is 5.10 Å². The van der Waals surface area contributed by atoms with Gasteiger partial charge in [0.1, 0.15) is 0 Å². The molecule has 28 heavy (non-hydrogen) atoms. The second kappa shape index (κ2) is 7.44. The van der Waals surface area contributed by atoms with E-state index in [-0.39, 0.29) is 17.6 Å². The van der Waals surface area contributed by atoms with Crippen molar-refractivity contribution in [2.45, 2.75) is 25.8 Å². The molecule has 1 aromatic heterocycles. The summed E-state index contributed by atoms with van der Waals surface area (Å²) in [4.78, 5) is 26.2. The summed E-state index contributed by atoms with van der Waals surface area (Å²) in [5.41, 5.74) is 2.37. The Kier molecular flexibility index (Phi) is 4.83. The van der Waals surface area contributed by atoms with E-state index in [0.717, 1.165) is 12.8 Å². The SMILES string of the molecule is Cc1nn(-c2cccc(Cl)c2)nc1C(=O)Nc1cccc(C(=O)NC2CC2)c1. The standard InChI is InChI=1S/C20H18ClN5O2/c1-12-18(25-26(24-12)17-7-3-5-14(21)11-17)20(28)23-16-6-2-4-13(10-16)19(27)22-15-8-9-15/h2-7,10-11,15H,8-9H2,1H3,(H,22,27)(H,23,28). The van der Waals surface area contributed by atoms with Gasteiger partial charge in [0.05, 0.1) is 11.4 Å². The highest BCUT2D eigenvalue weighted by Crippen LogP contribution is 2.20. The van der Waals surface area contributed by atoms with E-state index in [1.54, 1.807) is 55.5 Å². The molecule has 3 aromatic rings. The van der Waals surface area contributed by atoms with Crippen LogP contribution in [0.3, 0.4) is 0 Å². The van der Waals surface area contributed by atoms with Crippen molar-refractivity contribution in [2.24, 2.45) is 0 Å². The van der Waals surface area contributed by atoms with E-state index in [1.807, 2.05) is 0 Å². The van der Waals surface area contributed by atoms with Crippen LogP contribution in [0.1, 0.15) is 39.4 Å². The number of hydrogen-bond acceptors (Lipinski definition) is 4. The quantitative estimate of drug-likeness (QED) is 0.693. The van der Waals surface area contributed by atoms with Gasteiger partial charge in [0.25, 0.3) is 11.8 Å². The topological polar surface area (TPSA) is 88.9 Å². The number of aromatic nitrogens is 3. The number of aryl methyl sites for hydroxylation is 1. The van der Waals surface area contributed by atoms with Gasteiger partial charge in [0.2, 0.25) is 0 Å². The highest BCUT2D eigenvalue weighted by Gasteiger charge is 2.24. The summed E-state index contributed by atoms with van der Waals surface area (Å²) in [7, 11) is 0.